The lowest BCUT2D eigenvalue weighted by molar-refractivity contribution is 0.262. The van der Waals surface area contributed by atoms with E-state index in [-0.39, 0.29) is 6.61 Å². The summed E-state index contributed by atoms with van der Waals surface area (Å²) in [7, 11) is 0. The maximum absolute atomic E-state index is 12.1. The van der Waals surface area contributed by atoms with Crippen molar-refractivity contribution < 1.29 is 9.53 Å². The largest absolute Gasteiger partial charge is 0.486 e. The number of carbonyl (C=O) groups is 1. The third-order valence-electron chi connectivity index (χ3n) is 4.28. The molecule has 0 aliphatic heterocycles. The van der Waals surface area contributed by atoms with Crippen LogP contribution in [0.3, 0.4) is 0 Å². The Bertz CT molecular complexity index is 996. The fourth-order valence-corrected chi connectivity index (χ4v) is 3.52. The van der Waals surface area contributed by atoms with Gasteiger partial charge in [0.1, 0.15) is 12.4 Å². The van der Waals surface area contributed by atoms with E-state index in [2.05, 4.69) is 40.7 Å². The lowest BCUT2D eigenvalue weighted by Gasteiger charge is -2.14. The molecule has 0 fully saturated rings. The normalized spacial score (nSPS) is 11.7. The van der Waals surface area contributed by atoms with E-state index < -0.39 is 6.03 Å². The molecule has 2 amide bonds. The number of aromatic nitrogens is 2. The topological polar surface area (TPSA) is 76.1 Å². The molecule has 6 nitrogen and oxygen atoms in total. The van der Waals surface area contributed by atoms with Gasteiger partial charge in [0.05, 0.1) is 10.0 Å². The van der Waals surface area contributed by atoms with E-state index in [0.717, 1.165) is 12.2 Å². The van der Waals surface area contributed by atoms with Crippen LogP contribution < -0.4 is 15.4 Å². The summed E-state index contributed by atoms with van der Waals surface area (Å²) in [5.74, 6) is 1.24. The van der Waals surface area contributed by atoms with Crippen molar-refractivity contribution in [2.24, 2.45) is 0 Å². The number of hydrogen-bond donors (Lipinski definition) is 2. The molecular weight excluding hydrogens is 431 g/mol. The number of rotatable bonds is 7. The molecule has 29 heavy (non-hydrogen) atoms. The zero-order chi connectivity index (χ0) is 20.8. The fourth-order valence-electron chi connectivity index (χ4n) is 2.57. The van der Waals surface area contributed by atoms with Gasteiger partial charge in [0, 0.05) is 5.69 Å². The Morgan fingerprint density at radius 3 is 2.69 bits per heavy atom. The summed E-state index contributed by atoms with van der Waals surface area (Å²) < 4.78 is 5.94. The number of nitrogens with zero attached hydrogens (tertiary/aromatic N) is 2. The average Bonchev–Trinajstić information content (AvgIpc) is 3.16. The first kappa shape index (κ1) is 21.4. The van der Waals surface area contributed by atoms with Gasteiger partial charge < -0.3 is 10.1 Å². The van der Waals surface area contributed by atoms with Crippen molar-refractivity contribution in [3.8, 4) is 5.75 Å². The molecule has 9 heteroatoms. The van der Waals surface area contributed by atoms with Crippen molar-refractivity contribution in [2.75, 3.05) is 10.6 Å². The van der Waals surface area contributed by atoms with Crippen molar-refractivity contribution in [1.29, 1.82) is 0 Å². The van der Waals surface area contributed by atoms with Gasteiger partial charge >= 0.3 is 6.03 Å². The predicted molar refractivity (Wildman–Crippen MR) is 118 cm³/mol. The molecule has 0 aliphatic carbocycles. The monoisotopic (exact) mass is 450 g/mol. The minimum Gasteiger partial charge on any atom is -0.486 e. The Morgan fingerprint density at radius 2 is 1.93 bits per heavy atom. The second kappa shape index (κ2) is 9.91. The highest BCUT2D eigenvalue weighted by molar-refractivity contribution is 7.15. The van der Waals surface area contributed by atoms with Crippen LogP contribution in [0.5, 0.6) is 5.75 Å². The van der Waals surface area contributed by atoms with Crippen molar-refractivity contribution in [1.82, 2.24) is 10.2 Å². The number of ether oxygens (including phenoxy) is 1. The molecule has 1 atom stereocenters. The van der Waals surface area contributed by atoms with Crippen LogP contribution in [-0.4, -0.2) is 16.2 Å². The van der Waals surface area contributed by atoms with Crippen LogP contribution in [-0.2, 0) is 6.61 Å². The minimum atomic E-state index is -0.450. The van der Waals surface area contributed by atoms with Crippen LogP contribution >= 0.6 is 34.5 Å². The Balaban J connectivity index is 1.57. The van der Waals surface area contributed by atoms with Crippen LogP contribution in [0.4, 0.5) is 15.6 Å². The molecule has 0 unspecified atom stereocenters. The van der Waals surface area contributed by atoms with Gasteiger partial charge in [-0.1, -0.05) is 66.6 Å². The maximum atomic E-state index is 12.1. The highest BCUT2D eigenvalue weighted by atomic mass is 35.5. The van der Waals surface area contributed by atoms with E-state index in [4.69, 9.17) is 27.9 Å². The number of benzene rings is 2. The van der Waals surface area contributed by atoms with Gasteiger partial charge in [-0.15, -0.1) is 10.2 Å². The molecule has 0 bridgehead atoms. The fraction of sp³-hybridized carbons (Fsp3) is 0.250. The van der Waals surface area contributed by atoms with Gasteiger partial charge in [-0.05, 0) is 42.2 Å². The first-order valence-corrected chi connectivity index (χ1v) is 10.6. The van der Waals surface area contributed by atoms with Gasteiger partial charge in [0.15, 0.2) is 5.01 Å². The number of anilines is 2. The second-order valence-corrected chi connectivity index (χ2v) is 8.22. The molecule has 1 heterocycles. The van der Waals surface area contributed by atoms with Gasteiger partial charge in [-0.2, -0.15) is 0 Å². The zero-order valence-corrected chi connectivity index (χ0v) is 18.2. The summed E-state index contributed by atoms with van der Waals surface area (Å²) in [5.41, 5.74) is 1.69. The van der Waals surface area contributed by atoms with Gasteiger partial charge in [-0.25, -0.2) is 4.79 Å². The van der Waals surface area contributed by atoms with E-state index in [1.165, 1.54) is 16.9 Å². The van der Waals surface area contributed by atoms with Crippen molar-refractivity contribution >= 4 is 51.4 Å². The van der Waals surface area contributed by atoms with Gasteiger partial charge in [-0.3, -0.25) is 5.32 Å². The van der Waals surface area contributed by atoms with E-state index in [1.54, 1.807) is 18.2 Å². The summed E-state index contributed by atoms with van der Waals surface area (Å²) in [6.45, 7) is 4.59. The lowest BCUT2D eigenvalue weighted by atomic mass is 9.98. The van der Waals surface area contributed by atoms with E-state index in [0.29, 0.717) is 31.8 Å². The van der Waals surface area contributed by atoms with Crippen LogP contribution in [0, 0.1) is 0 Å². The molecule has 1 aromatic heterocycles. The zero-order valence-electron chi connectivity index (χ0n) is 15.9. The molecule has 3 aromatic rings. The maximum Gasteiger partial charge on any atom is 0.325 e. The molecular formula is C20H20Cl2N4O2S. The molecule has 0 spiro atoms. The smallest absolute Gasteiger partial charge is 0.325 e. The number of urea groups is 1. The molecule has 0 saturated heterocycles. The van der Waals surface area contributed by atoms with Crippen molar-refractivity contribution in [2.45, 2.75) is 32.8 Å². The Morgan fingerprint density at radius 1 is 1.14 bits per heavy atom. The molecule has 0 saturated carbocycles. The van der Waals surface area contributed by atoms with E-state index in [9.17, 15) is 4.79 Å². The Hall–Kier alpha value is -2.35. The minimum absolute atomic E-state index is 0.279. The molecule has 152 valence electrons. The summed E-state index contributed by atoms with van der Waals surface area (Å²) in [6, 6.07) is 12.4. The quantitative estimate of drug-likeness (QED) is 0.425. The summed E-state index contributed by atoms with van der Waals surface area (Å²) in [5, 5.41) is 15.2. The number of halogens is 2. The Kier molecular flexibility index (Phi) is 7.30. The number of amides is 2. The number of nitrogens with one attached hydrogen (secondary N) is 2. The summed E-state index contributed by atoms with van der Waals surface area (Å²) >= 11 is 13.1. The third kappa shape index (κ3) is 5.82. The SMILES string of the molecule is CC[C@@H](C)c1ccccc1OCc1nnc(NC(=O)Nc2ccc(Cl)c(Cl)c2)s1. The number of hydrogen-bond acceptors (Lipinski definition) is 5. The first-order chi connectivity index (χ1) is 14.0. The predicted octanol–water partition coefficient (Wildman–Crippen LogP) is 6.58. The number of carbonyl (C=O) groups excluding carboxylic acids is 1. The standard InChI is InChI=1S/C20H20Cl2N4O2S/c1-3-12(2)14-6-4-5-7-17(14)28-11-18-25-26-20(29-18)24-19(27)23-13-8-9-15(21)16(22)10-13/h4-10,12H,3,11H2,1-2H3,(H2,23,24,26,27)/t12-/m1/s1. The highest BCUT2D eigenvalue weighted by Crippen LogP contribution is 2.29. The van der Waals surface area contributed by atoms with Crippen molar-refractivity contribution in [3.63, 3.8) is 0 Å². The molecule has 3 rings (SSSR count). The summed E-state index contributed by atoms with van der Waals surface area (Å²) in [6.07, 6.45) is 1.03. The van der Waals surface area contributed by atoms with Crippen LogP contribution in [0.2, 0.25) is 10.0 Å². The first-order valence-electron chi connectivity index (χ1n) is 9.03. The number of para-hydroxylation sites is 1. The average molecular weight is 451 g/mol. The van der Waals surface area contributed by atoms with Gasteiger partial charge in [0.25, 0.3) is 0 Å². The van der Waals surface area contributed by atoms with Crippen LogP contribution in [0.25, 0.3) is 0 Å². The van der Waals surface area contributed by atoms with Gasteiger partial charge in [0.2, 0.25) is 5.13 Å². The van der Waals surface area contributed by atoms with Crippen LogP contribution in [0.1, 0.15) is 36.8 Å². The lowest BCUT2D eigenvalue weighted by Crippen LogP contribution is -2.19. The van der Waals surface area contributed by atoms with Crippen molar-refractivity contribution in [3.05, 3.63) is 63.1 Å². The Labute approximate surface area is 183 Å². The van der Waals surface area contributed by atoms with E-state index in [1.807, 2.05) is 18.2 Å². The highest BCUT2D eigenvalue weighted by Gasteiger charge is 2.12. The van der Waals surface area contributed by atoms with Crippen LogP contribution in [0.15, 0.2) is 42.5 Å². The second-order valence-electron chi connectivity index (χ2n) is 6.34. The molecule has 2 aromatic carbocycles. The molecule has 0 aliphatic rings. The molecule has 0 radical (unpaired) electrons. The van der Waals surface area contributed by atoms with E-state index >= 15 is 0 Å². The summed E-state index contributed by atoms with van der Waals surface area (Å²) in [4.78, 5) is 12.1. The third-order valence-corrected chi connectivity index (χ3v) is 5.83. The molecule has 2 N–H and O–H groups in total.